The Morgan fingerprint density at radius 3 is 2.61 bits per heavy atom. The van der Waals surface area contributed by atoms with E-state index in [1.165, 1.54) is 4.90 Å². The van der Waals surface area contributed by atoms with Crippen LogP contribution in [0, 0.1) is 0 Å². The largest absolute Gasteiger partial charge is 0.493 e. The molecule has 1 aromatic heterocycles. The van der Waals surface area contributed by atoms with Crippen LogP contribution < -0.4 is 14.8 Å². The summed E-state index contributed by atoms with van der Waals surface area (Å²) in [6, 6.07) is 6.42. The highest BCUT2D eigenvalue weighted by Gasteiger charge is 2.47. The van der Waals surface area contributed by atoms with Crippen LogP contribution in [0.4, 0.5) is 4.79 Å². The summed E-state index contributed by atoms with van der Waals surface area (Å²) in [5.74, 6) is 1.49. The van der Waals surface area contributed by atoms with Gasteiger partial charge in [0.1, 0.15) is 11.8 Å². The second kappa shape index (κ2) is 8.71. The maximum atomic E-state index is 12.9. The van der Waals surface area contributed by atoms with Gasteiger partial charge in [-0.1, -0.05) is 0 Å². The van der Waals surface area contributed by atoms with Crippen molar-refractivity contribution < 1.29 is 28.3 Å². The van der Waals surface area contributed by atoms with E-state index in [0.717, 1.165) is 11.1 Å². The van der Waals surface area contributed by atoms with E-state index in [4.69, 9.17) is 13.9 Å². The minimum absolute atomic E-state index is 0.153. The highest BCUT2D eigenvalue weighted by Crippen LogP contribution is 2.37. The number of methoxy groups -OCH3 is 2. The zero-order chi connectivity index (χ0) is 22.0. The molecule has 2 aliphatic rings. The maximum absolute atomic E-state index is 12.9. The third kappa shape index (κ3) is 4.08. The van der Waals surface area contributed by atoms with E-state index in [9.17, 15) is 14.4 Å². The molecule has 0 unspecified atom stereocenters. The summed E-state index contributed by atoms with van der Waals surface area (Å²) in [6.45, 7) is 0.862. The monoisotopic (exact) mass is 427 g/mol. The fourth-order valence-corrected chi connectivity index (χ4v) is 4.05. The number of carbonyl (C=O) groups is 3. The lowest BCUT2D eigenvalue weighted by Gasteiger charge is -2.29. The zero-order valence-corrected chi connectivity index (χ0v) is 17.6. The predicted molar refractivity (Wildman–Crippen MR) is 109 cm³/mol. The van der Waals surface area contributed by atoms with Crippen LogP contribution >= 0.6 is 0 Å². The van der Waals surface area contributed by atoms with E-state index in [-0.39, 0.29) is 30.8 Å². The molecule has 9 nitrogen and oxygen atoms in total. The summed E-state index contributed by atoms with van der Waals surface area (Å²) in [4.78, 5) is 40.6. The van der Waals surface area contributed by atoms with Gasteiger partial charge in [0.15, 0.2) is 11.5 Å². The van der Waals surface area contributed by atoms with E-state index in [0.29, 0.717) is 43.2 Å². The number of imide groups is 1. The Morgan fingerprint density at radius 2 is 1.94 bits per heavy atom. The third-order valence-corrected chi connectivity index (χ3v) is 5.69. The third-order valence-electron chi connectivity index (χ3n) is 5.69. The van der Waals surface area contributed by atoms with Gasteiger partial charge >= 0.3 is 6.03 Å². The molecule has 0 radical (unpaired) electrons. The Kier molecular flexibility index (Phi) is 5.83. The van der Waals surface area contributed by atoms with E-state index >= 15 is 0 Å². The van der Waals surface area contributed by atoms with E-state index in [2.05, 4.69) is 5.32 Å². The van der Waals surface area contributed by atoms with Crippen molar-refractivity contribution in [2.75, 3.05) is 20.8 Å². The van der Waals surface area contributed by atoms with E-state index in [1.807, 2.05) is 12.1 Å². The number of nitrogens with zero attached hydrogens (tertiary/aromatic N) is 2. The second-order valence-corrected chi connectivity index (χ2v) is 7.56. The molecule has 4 rings (SSSR count). The molecule has 0 spiro atoms. The number of nitrogens with one attached hydrogen (secondary N) is 1. The molecule has 3 heterocycles. The maximum Gasteiger partial charge on any atom is 0.327 e. The molecule has 1 saturated heterocycles. The van der Waals surface area contributed by atoms with Gasteiger partial charge in [-0.3, -0.25) is 14.5 Å². The first-order valence-electron chi connectivity index (χ1n) is 10.2. The van der Waals surface area contributed by atoms with Gasteiger partial charge in [0.25, 0.3) is 5.91 Å². The van der Waals surface area contributed by atoms with Crippen molar-refractivity contribution in [1.82, 2.24) is 15.1 Å². The van der Waals surface area contributed by atoms with Crippen molar-refractivity contribution in [2.45, 2.75) is 38.4 Å². The first kappa shape index (κ1) is 20.8. The highest BCUT2D eigenvalue weighted by molar-refractivity contribution is 6.04. The summed E-state index contributed by atoms with van der Waals surface area (Å²) in [7, 11) is 3.13. The average Bonchev–Trinajstić information content (AvgIpc) is 3.38. The molecule has 1 N–H and O–H groups in total. The van der Waals surface area contributed by atoms with Gasteiger partial charge in [-0.05, 0) is 41.8 Å². The topological polar surface area (TPSA) is 101 Å². The van der Waals surface area contributed by atoms with Crippen LogP contribution in [-0.2, 0) is 29.1 Å². The standard InChI is InChI=1S/C22H25N3O6/c1-29-18-10-14-9-17-21(27)24(22(28)25(17)13-15(14)11-19(18)30-2)7-3-6-20(26)23-12-16-5-4-8-31-16/h4-5,8,10-11,17H,3,6-7,9,12-13H2,1-2H3,(H,23,26)/t17-/m1/s1. The van der Waals surface area contributed by atoms with Crippen LogP contribution in [0.15, 0.2) is 34.9 Å². The number of furan rings is 1. The number of ether oxygens (including phenoxy) is 2. The lowest BCUT2D eigenvalue weighted by Crippen LogP contribution is -2.40. The molecule has 1 atom stereocenters. The minimum atomic E-state index is -0.522. The van der Waals surface area contributed by atoms with E-state index in [1.54, 1.807) is 37.5 Å². The summed E-state index contributed by atoms with van der Waals surface area (Å²) in [5, 5.41) is 2.76. The fourth-order valence-electron chi connectivity index (χ4n) is 4.05. The quantitative estimate of drug-likeness (QED) is 0.648. The second-order valence-electron chi connectivity index (χ2n) is 7.56. The van der Waals surface area contributed by atoms with Crippen molar-refractivity contribution in [2.24, 2.45) is 0 Å². The summed E-state index contributed by atoms with van der Waals surface area (Å²) >= 11 is 0. The van der Waals surface area contributed by atoms with Crippen LogP contribution in [0.3, 0.4) is 0 Å². The van der Waals surface area contributed by atoms with E-state index < -0.39 is 6.04 Å². The van der Waals surface area contributed by atoms with Gasteiger partial charge < -0.3 is 24.1 Å². The van der Waals surface area contributed by atoms with Crippen molar-refractivity contribution in [1.29, 1.82) is 0 Å². The van der Waals surface area contributed by atoms with Crippen molar-refractivity contribution in [3.05, 3.63) is 47.4 Å². The van der Waals surface area contributed by atoms with Crippen molar-refractivity contribution in [3.8, 4) is 11.5 Å². The number of benzene rings is 1. The Bertz CT molecular complexity index is 936. The summed E-state index contributed by atoms with van der Waals surface area (Å²) < 4.78 is 15.9. The number of hydrogen-bond donors (Lipinski definition) is 1. The Balaban J connectivity index is 1.35. The van der Waals surface area contributed by atoms with Crippen LogP contribution in [0.2, 0.25) is 0 Å². The smallest absolute Gasteiger partial charge is 0.327 e. The average molecular weight is 427 g/mol. The fraction of sp³-hybridized carbons (Fsp3) is 0.409. The number of fused-ring (bicyclic) bond motifs is 2. The molecule has 2 aromatic rings. The summed E-state index contributed by atoms with van der Waals surface area (Å²) in [6.07, 6.45) is 2.60. The number of rotatable bonds is 8. The van der Waals surface area contributed by atoms with Crippen LogP contribution in [0.1, 0.15) is 29.7 Å². The molecule has 31 heavy (non-hydrogen) atoms. The first-order valence-corrected chi connectivity index (χ1v) is 10.2. The number of hydrogen-bond acceptors (Lipinski definition) is 6. The van der Waals surface area contributed by atoms with Gasteiger partial charge in [-0.2, -0.15) is 0 Å². The van der Waals surface area contributed by atoms with Crippen LogP contribution in [0.5, 0.6) is 11.5 Å². The highest BCUT2D eigenvalue weighted by atomic mass is 16.5. The van der Waals surface area contributed by atoms with Crippen LogP contribution in [-0.4, -0.2) is 54.5 Å². The Morgan fingerprint density at radius 1 is 1.19 bits per heavy atom. The SMILES string of the molecule is COc1cc2c(cc1OC)CN1C(=O)N(CCCC(=O)NCc3ccco3)C(=O)[C@H]1C2. The van der Waals surface area contributed by atoms with Gasteiger partial charge in [0.05, 0.1) is 27.0 Å². The van der Waals surface area contributed by atoms with Gasteiger partial charge in [-0.25, -0.2) is 4.79 Å². The van der Waals surface area contributed by atoms with Gasteiger partial charge in [-0.15, -0.1) is 0 Å². The molecule has 2 aliphatic heterocycles. The molecule has 1 fully saturated rings. The number of amides is 4. The molecular formula is C22H25N3O6. The van der Waals surface area contributed by atoms with Gasteiger partial charge in [0.2, 0.25) is 5.91 Å². The number of carbonyl (C=O) groups excluding carboxylic acids is 3. The van der Waals surface area contributed by atoms with Gasteiger partial charge in [0, 0.05) is 25.9 Å². The molecule has 4 amide bonds. The Hall–Kier alpha value is -3.49. The molecule has 0 saturated carbocycles. The first-order chi connectivity index (χ1) is 15.0. The minimum Gasteiger partial charge on any atom is -0.493 e. The zero-order valence-electron chi connectivity index (χ0n) is 17.6. The lowest BCUT2D eigenvalue weighted by atomic mass is 9.94. The molecule has 0 aliphatic carbocycles. The molecule has 9 heteroatoms. The normalized spacial score (nSPS) is 17.4. The predicted octanol–water partition coefficient (Wildman–Crippen LogP) is 2.08. The van der Waals surface area contributed by atoms with Crippen molar-refractivity contribution in [3.63, 3.8) is 0 Å². The summed E-state index contributed by atoms with van der Waals surface area (Å²) in [5.41, 5.74) is 1.91. The Labute approximate surface area is 179 Å². The number of urea groups is 1. The molecule has 1 aromatic carbocycles. The van der Waals surface area contributed by atoms with Crippen molar-refractivity contribution >= 4 is 17.8 Å². The van der Waals surface area contributed by atoms with Crippen LogP contribution in [0.25, 0.3) is 0 Å². The lowest BCUT2D eigenvalue weighted by molar-refractivity contribution is -0.129. The molecular weight excluding hydrogens is 402 g/mol. The molecule has 0 bridgehead atoms. The molecule has 164 valence electrons.